The average molecular weight is 457 g/mol. The Morgan fingerprint density at radius 3 is 2.55 bits per heavy atom. The third kappa shape index (κ3) is 4.37. The molecule has 0 radical (unpaired) electrons. The maximum Gasteiger partial charge on any atom is 0.302 e. The predicted octanol–water partition coefficient (Wildman–Crippen LogP) is 7.10. The van der Waals surface area contributed by atoms with Crippen molar-refractivity contribution < 1.29 is 14.6 Å². The molecule has 4 aliphatic carbocycles. The molecule has 0 aromatic heterocycles. The standard InChI is InChI=1S/C30H48O3/c1-18(2)19(3)8-9-20(4)24-10-11-25-28-26(13-15-30(24,25)7)29(6)14-12-23(33-21(5)31)16-22(29)17-27(28)32/h17-18,20,23-28,32H,3,8-16H2,1-2,4-7H3. The van der Waals surface area contributed by atoms with Gasteiger partial charge in [-0.2, -0.15) is 0 Å². The van der Waals surface area contributed by atoms with E-state index in [1.165, 1.54) is 50.2 Å². The third-order valence-corrected chi connectivity index (χ3v) is 10.9. The number of esters is 1. The summed E-state index contributed by atoms with van der Waals surface area (Å²) in [6.07, 6.45) is 12.1. The molecule has 9 atom stereocenters. The van der Waals surface area contributed by atoms with E-state index in [-0.39, 0.29) is 23.6 Å². The second kappa shape index (κ2) is 9.17. The third-order valence-electron chi connectivity index (χ3n) is 10.9. The van der Waals surface area contributed by atoms with Crippen molar-refractivity contribution in [2.75, 3.05) is 0 Å². The number of carbonyl (C=O) groups excluding carboxylic acids is 1. The normalized spacial score (nSPS) is 43.2. The molecule has 3 heteroatoms. The number of aliphatic hydroxyl groups excluding tert-OH is 1. The van der Waals surface area contributed by atoms with Crippen LogP contribution in [-0.2, 0) is 9.53 Å². The van der Waals surface area contributed by atoms with Crippen molar-refractivity contribution in [2.24, 2.45) is 46.3 Å². The monoisotopic (exact) mass is 456 g/mol. The molecule has 33 heavy (non-hydrogen) atoms. The molecule has 0 aromatic rings. The first-order chi connectivity index (χ1) is 15.5. The fraction of sp³-hybridized carbons (Fsp3) is 0.833. The molecular weight excluding hydrogens is 408 g/mol. The lowest BCUT2D eigenvalue weighted by atomic mass is 9.46. The summed E-state index contributed by atoms with van der Waals surface area (Å²) in [5.41, 5.74) is 3.24. The molecule has 1 N–H and O–H groups in total. The highest BCUT2D eigenvalue weighted by molar-refractivity contribution is 5.66. The largest absolute Gasteiger partial charge is 0.462 e. The maximum atomic E-state index is 11.5. The molecular formula is C30H48O3. The molecule has 4 rings (SSSR count). The number of hydrogen-bond donors (Lipinski definition) is 1. The van der Waals surface area contributed by atoms with Crippen LogP contribution in [0.3, 0.4) is 0 Å². The molecule has 9 unspecified atom stereocenters. The predicted molar refractivity (Wildman–Crippen MR) is 135 cm³/mol. The Hall–Kier alpha value is -1.09. The van der Waals surface area contributed by atoms with Crippen molar-refractivity contribution in [1.29, 1.82) is 0 Å². The van der Waals surface area contributed by atoms with E-state index in [4.69, 9.17) is 4.74 Å². The fourth-order valence-electron chi connectivity index (χ4n) is 8.83. The molecule has 3 saturated carbocycles. The smallest absolute Gasteiger partial charge is 0.302 e. The number of allylic oxidation sites excluding steroid dienone is 1. The van der Waals surface area contributed by atoms with E-state index in [9.17, 15) is 9.90 Å². The summed E-state index contributed by atoms with van der Waals surface area (Å²) in [5.74, 6) is 3.42. The SMILES string of the molecule is C=C(CCC(C)C1CCC2C3C(O)C=C4CC(OC(C)=O)CCC4(C)C3CCC12C)C(C)C. The van der Waals surface area contributed by atoms with E-state index in [0.29, 0.717) is 35.0 Å². The van der Waals surface area contributed by atoms with E-state index < -0.39 is 0 Å². The van der Waals surface area contributed by atoms with Gasteiger partial charge < -0.3 is 9.84 Å². The van der Waals surface area contributed by atoms with Crippen LogP contribution in [0.5, 0.6) is 0 Å². The van der Waals surface area contributed by atoms with Crippen molar-refractivity contribution in [3.8, 4) is 0 Å². The van der Waals surface area contributed by atoms with E-state index in [0.717, 1.165) is 31.6 Å². The van der Waals surface area contributed by atoms with Gasteiger partial charge in [0.2, 0.25) is 0 Å². The Kier molecular flexibility index (Phi) is 6.95. The number of carbonyl (C=O) groups is 1. The van der Waals surface area contributed by atoms with Gasteiger partial charge in [-0.25, -0.2) is 0 Å². The van der Waals surface area contributed by atoms with Crippen LogP contribution in [-0.4, -0.2) is 23.3 Å². The topological polar surface area (TPSA) is 46.5 Å². The van der Waals surface area contributed by atoms with Crippen LogP contribution in [0.1, 0.15) is 99.3 Å². The quantitative estimate of drug-likeness (QED) is 0.342. The van der Waals surface area contributed by atoms with Gasteiger partial charge >= 0.3 is 5.97 Å². The summed E-state index contributed by atoms with van der Waals surface area (Å²) >= 11 is 0. The van der Waals surface area contributed by atoms with Gasteiger partial charge in [-0.3, -0.25) is 4.79 Å². The van der Waals surface area contributed by atoms with Crippen LogP contribution < -0.4 is 0 Å². The molecule has 0 amide bonds. The molecule has 186 valence electrons. The highest BCUT2D eigenvalue weighted by Crippen LogP contribution is 2.67. The minimum Gasteiger partial charge on any atom is -0.462 e. The first-order valence-corrected chi connectivity index (χ1v) is 13.7. The zero-order valence-electron chi connectivity index (χ0n) is 22.0. The van der Waals surface area contributed by atoms with Crippen LogP contribution in [0.15, 0.2) is 23.8 Å². The van der Waals surface area contributed by atoms with Crippen molar-refractivity contribution in [3.05, 3.63) is 23.8 Å². The Morgan fingerprint density at radius 2 is 1.88 bits per heavy atom. The van der Waals surface area contributed by atoms with Gasteiger partial charge in [0.15, 0.2) is 0 Å². The maximum absolute atomic E-state index is 11.5. The van der Waals surface area contributed by atoms with Crippen LogP contribution in [0.4, 0.5) is 0 Å². The molecule has 0 spiro atoms. The number of aliphatic hydroxyl groups is 1. The van der Waals surface area contributed by atoms with Crippen molar-refractivity contribution >= 4 is 5.97 Å². The van der Waals surface area contributed by atoms with Crippen LogP contribution in [0, 0.1) is 46.3 Å². The Bertz CT molecular complexity index is 796. The van der Waals surface area contributed by atoms with Gasteiger partial charge in [-0.15, -0.1) is 0 Å². The van der Waals surface area contributed by atoms with Gasteiger partial charge in [0.25, 0.3) is 0 Å². The van der Waals surface area contributed by atoms with E-state index in [1.54, 1.807) is 0 Å². The number of ether oxygens (including phenoxy) is 1. The second-order valence-corrected chi connectivity index (χ2v) is 12.9. The van der Waals surface area contributed by atoms with E-state index >= 15 is 0 Å². The van der Waals surface area contributed by atoms with E-state index in [1.807, 2.05) is 0 Å². The molecule has 3 fully saturated rings. The first-order valence-electron chi connectivity index (χ1n) is 13.7. The molecule has 4 aliphatic rings. The lowest BCUT2D eigenvalue weighted by Crippen LogP contribution is -2.55. The molecule has 3 nitrogen and oxygen atoms in total. The molecule has 0 saturated heterocycles. The molecule has 0 aromatic carbocycles. The van der Waals surface area contributed by atoms with Gasteiger partial charge in [-0.05, 0) is 97.7 Å². The Balaban J connectivity index is 1.52. The summed E-state index contributed by atoms with van der Waals surface area (Å²) in [6, 6.07) is 0. The van der Waals surface area contributed by atoms with Crippen LogP contribution >= 0.6 is 0 Å². The minimum absolute atomic E-state index is 0.0169. The fourth-order valence-corrected chi connectivity index (χ4v) is 8.83. The summed E-state index contributed by atoms with van der Waals surface area (Å²) < 4.78 is 5.57. The lowest BCUT2D eigenvalue weighted by Gasteiger charge is -2.59. The zero-order valence-corrected chi connectivity index (χ0v) is 22.0. The van der Waals surface area contributed by atoms with Gasteiger partial charge in [0, 0.05) is 13.3 Å². The van der Waals surface area contributed by atoms with Gasteiger partial charge in [0.05, 0.1) is 6.10 Å². The summed E-state index contributed by atoms with van der Waals surface area (Å²) in [7, 11) is 0. The Labute approximate surface area is 202 Å². The molecule has 0 aliphatic heterocycles. The lowest BCUT2D eigenvalue weighted by molar-refractivity contribution is -0.149. The molecule has 0 bridgehead atoms. The van der Waals surface area contributed by atoms with Gasteiger partial charge in [-0.1, -0.05) is 58.4 Å². The first kappa shape index (κ1) is 25.0. The second-order valence-electron chi connectivity index (χ2n) is 12.9. The Morgan fingerprint density at radius 1 is 1.15 bits per heavy atom. The minimum atomic E-state index is -0.353. The number of rotatable bonds is 6. The molecule has 0 heterocycles. The summed E-state index contributed by atoms with van der Waals surface area (Å²) in [6.45, 7) is 17.8. The summed E-state index contributed by atoms with van der Waals surface area (Å²) in [4.78, 5) is 11.5. The van der Waals surface area contributed by atoms with Crippen molar-refractivity contribution in [2.45, 2.75) is 112 Å². The van der Waals surface area contributed by atoms with Crippen molar-refractivity contribution in [3.63, 3.8) is 0 Å². The average Bonchev–Trinajstić information content (AvgIpc) is 3.09. The summed E-state index contributed by atoms with van der Waals surface area (Å²) in [5, 5.41) is 11.5. The van der Waals surface area contributed by atoms with Gasteiger partial charge in [0.1, 0.15) is 6.10 Å². The zero-order chi connectivity index (χ0) is 24.1. The highest BCUT2D eigenvalue weighted by atomic mass is 16.5. The number of fused-ring (bicyclic) bond motifs is 5. The van der Waals surface area contributed by atoms with Crippen LogP contribution in [0.25, 0.3) is 0 Å². The number of hydrogen-bond acceptors (Lipinski definition) is 3. The van der Waals surface area contributed by atoms with Crippen LogP contribution in [0.2, 0.25) is 0 Å². The highest BCUT2D eigenvalue weighted by Gasteiger charge is 2.61. The van der Waals surface area contributed by atoms with E-state index in [2.05, 4.69) is 47.3 Å². The van der Waals surface area contributed by atoms with Crippen molar-refractivity contribution in [1.82, 2.24) is 0 Å².